The van der Waals surface area contributed by atoms with E-state index in [1.54, 1.807) is 18.2 Å². The van der Waals surface area contributed by atoms with Gasteiger partial charge in [0.05, 0.1) is 12.1 Å². The fourth-order valence-electron chi connectivity index (χ4n) is 2.81. The van der Waals surface area contributed by atoms with Crippen LogP contribution in [0.15, 0.2) is 48.5 Å². The highest BCUT2D eigenvalue weighted by molar-refractivity contribution is 6.30. The third-order valence-electron chi connectivity index (χ3n) is 3.93. The first-order valence-electron chi connectivity index (χ1n) is 7.57. The Morgan fingerprint density at radius 2 is 1.96 bits per heavy atom. The number of aryl methyl sites for hydroxylation is 1. The van der Waals surface area contributed by atoms with Gasteiger partial charge in [0, 0.05) is 10.7 Å². The number of imide groups is 1. The third kappa shape index (κ3) is 3.08. The Bertz CT molecular complexity index is 760. The highest BCUT2D eigenvalue weighted by Crippen LogP contribution is 2.28. The normalized spacial score (nSPS) is 17.7. The summed E-state index contributed by atoms with van der Waals surface area (Å²) in [6, 6.07) is 14.1. The van der Waals surface area contributed by atoms with Crippen molar-refractivity contribution in [1.29, 1.82) is 0 Å². The molecule has 1 fully saturated rings. The predicted octanol–water partition coefficient (Wildman–Crippen LogP) is 3.65. The number of rotatable bonds is 4. The Morgan fingerprint density at radius 1 is 1.17 bits per heavy atom. The Kier molecular flexibility index (Phi) is 4.35. The predicted molar refractivity (Wildman–Crippen MR) is 91.8 cm³/mol. The van der Waals surface area contributed by atoms with Crippen molar-refractivity contribution >= 4 is 34.8 Å². The van der Waals surface area contributed by atoms with Gasteiger partial charge in [-0.25, -0.2) is 4.90 Å². The van der Waals surface area contributed by atoms with E-state index in [9.17, 15) is 9.59 Å². The fraction of sp³-hybridized carbons (Fsp3) is 0.222. The molecule has 2 aromatic rings. The molecule has 0 aromatic heterocycles. The first kappa shape index (κ1) is 15.6. The average molecular weight is 329 g/mol. The summed E-state index contributed by atoms with van der Waals surface area (Å²) >= 11 is 5.96. The summed E-state index contributed by atoms with van der Waals surface area (Å²) in [6.45, 7) is 2.01. The molecule has 3 rings (SSSR count). The molecule has 1 N–H and O–H groups in total. The molecule has 23 heavy (non-hydrogen) atoms. The van der Waals surface area contributed by atoms with Gasteiger partial charge in [0.2, 0.25) is 5.91 Å². The summed E-state index contributed by atoms with van der Waals surface area (Å²) in [4.78, 5) is 26.3. The van der Waals surface area contributed by atoms with Crippen molar-refractivity contribution in [3.05, 3.63) is 59.1 Å². The minimum absolute atomic E-state index is 0.142. The molecule has 5 heteroatoms. The molecule has 0 aliphatic carbocycles. The molecule has 2 amide bonds. The molecule has 1 aliphatic heterocycles. The Hall–Kier alpha value is -2.33. The molecule has 1 aliphatic rings. The van der Waals surface area contributed by atoms with Crippen LogP contribution in [0.1, 0.15) is 18.9 Å². The van der Waals surface area contributed by atoms with Crippen LogP contribution in [0.2, 0.25) is 5.02 Å². The fourth-order valence-corrected chi connectivity index (χ4v) is 3.00. The van der Waals surface area contributed by atoms with E-state index >= 15 is 0 Å². The van der Waals surface area contributed by atoms with E-state index < -0.39 is 6.04 Å². The number of anilines is 2. The van der Waals surface area contributed by atoms with Crippen LogP contribution in [0.4, 0.5) is 11.4 Å². The highest BCUT2D eigenvalue weighted by atomic mass is 35.5. The topological polar surface area (TPSA) is 49.4 Å². The van der Waals surface area contributed by atoms with Crippen LogP contribution in [0.25, 0.3) is 0 Å². The minimum Gasteiger partial charge on any atom is -0.373 e. The quantitative estimate of drug-likeness (QED) is 0.872. The standard InChI is InChI=1S/C18H17ClN2O2/c1-2-12-6-3-4-9-16(12)21-17(22)11-15(18(21)23)20-14-8-5-7-13(19)10-14/h3-10,15,20H,2,11H2,1H3/t15-/m1/s1. The van der Waals surface area contributed by atoms with Crippen molar-refractivity contribution in [3.63, 3.8) is 0 Å². The number of amides is 2. The number of hydrogen-bond acceptors (Lipinski definition) is 3. The monoisotopic (exact) mass is 328 g/mol. The van der Waals surface area contributed by atoms with Gasteiger partial charge < -0.3 is 5.32 Å². The van der Waals surface area contributed by atoms with Gasteiger partial charge in [0.1, 0.15) is 6.04 Å². The second-order valence-electron chi connectivity index (χ2n) is 5.46. The largest absolute Gasteiger partial charge is 0.373 e. The average Bonchev–Trinajstić information content (AvgIpc) is 2.81. The van der Waals surface area contributed by atoms with Crippen LogP contribution < -0.4 is 10.2 Å². The summed E-state index contributed by atoms with van der Waals surface area (Å²) in [5.41, 5.74) is 2.40. The molecule has 0 saturated carbocycles. The number of carbonyl (C=O) groups excluding carboxylic acids is 2. The second-order valence-corrected chi connectivity index (χ2v) is 5.90. The molecule has 1 saturated heterocycles. The van der Waals surface area contributed by atoms with Gasteiger partial charge in [-0.1, -0.05) is 42.8 Å². The van der Waals surface area contributed by atoms with Crippen molar-refractivity contribution in [2.24, 2.45) is 0 Å². The van der Waals surface area contributed by atoms with E-state index in [4.69, 9.17) is 11.6 Å². The summed E-state index contributed by atoms with van der Waals surface area (Å²) in [5, 5.41) is 3.69. The molecule has 1 atom stereocenters. The van der Waals surface area contributed by atoms with Gasteiger partial charge in [0.25, 0.3) is 5.91 Å². The Balaban J connectivity index is 1.85. The van der Waals surface area contributed by atoms with Crippen molar-refractivity contribution < 1.29 is 9.59 Å². The lowest BCUT2D eigenvalue weighted by molar-refractivity contribution is -0.121. The zero-order valence-corrected chi connectivity index (χ0v) is 13.5. The van der Waals surface area contributed by atoms with Crippen molar-refractivity contribution in [3.8, 4) is 0 Å². The van der Waals surface area contributed by atoms with Crippen LogP contribution >= 0.6 is 11.6 Å². The highest BCUT2D eigenvalue weighted by Gasteiger charge is 2.40. The summed E-state index contributed by atoms with van der Waals surface area (Å²) in [6.07, 6.45) is 0.906. The lowest BCUT2D eigenvalue weighted by Crippen LogP contribution is -2.35. The first-order valence-corrected chi connectivity index (χ1v) is 7.94. The van der Waals surface area contributed by atoms with Gasteiger partial charge in [-0.05, 0) is 36.2 Å². The maximum Gasteiger partial charge on any atom is 0.256 e. The minimum atomic E-state index is -0.564. The molecule has 0 unspecified atom stereocenters. The number of carbonyl (C=O) groups is 2. The molecule has 0 spiro atoms. The van der Waals surface area contributed by atoms with Gasteiger partial charge in [-0.3, -0.25) is 9.59 Å². The van der Waals surface area contributed by atoms with E-state index in [0.29, 0.717) is 10.7 Å². The molecule has 0 radical (unpaired) electrons. The summed E-state index contributed by atoms with van der Waals surface area (Å²) in [5.74, 6) is -0.411. The van der Waals surface area contributed by atoms with Crippen molar-refractivity contribution in [1.82, 2.24) is 0 Å². The van der Waals surface area contributed by atoms with Gasteiger partial charge in [-0.15, -0.1) is 0 Å². The number of halogens is 1. The van der Waals surface area contributed by atoms with E-state index in [1.807, 2.05) is 37.3 Å². The molecule has 4 nitrogen and oxygen atoms in total. The number of para-hydroxylation sites is 1. The Morgan fingerprint density at radius 3 is 2.70 bits per heavy atom. The molecular weight excluding hydrogens is 312 g/mol. The molecule has 2 aromatic carbocycles. The lowest BCUT2D eigenvalue weighted by atomic mass is 10.1. The maximum atomic E-state index is 12.7. The first-order chi connectivity index (χ1) is 11.1. The van der Waals surface area contributed by atoms with Crippen molar-refractivity contribution in [2.45, 2.75) is 25.8 Å². The molecule has 1 heterocycles. The third-order valence-corrected chi connectivity index (χ3v) is 4.16. The van der Waals surface area contributed by atoms with Crippen LogP contribution in [-0.4, -0.2) is 17.9 Å². The van der Waals surface area contributed by atoms with E-state index in [-0.39, 0.29) is 18.2 Å². The van der Waals surface area contributed by atoms with Gasteiger partial charge >= 0.3 is 0 Å². The van der Waals surface area contributed by atoms with E-state index in [0.717, 1.165) is 17.7 Å². The molecular formula is C18H17ClN2O2. The summed E-state index contributed by atoms with van der Waals surface area (Å²) in [7, 11) is 0. The van der Waals surface area contributed by atoms with E-state index in [2.05, 4.69) is 5.32 Å². The van der Waals surface area contributed by atoms with Gasteiger partial charge in [0.15, 0.2) is 0 Å². The van der Waals surface area contributed by atoms with E-state index in [1.165, 1.54) is 4.90 Å². The number of nitrogens with zero attached hydrogens (tertiary/aromatic N) is 1. The Labute approximate surface area is 140 Å². The zero-order chi connectivity index (χ0) is 16.4. The van der Waals surface area contributed by atoms with Crippen LogP contribution in [0.3, 0.4) is 0 Å². The second kappa shape index (κ2) is 6.42. The van der Waals surface area contributed by atoms with Crippen LogP contribution in [0.5, 0.6) is 0 Å². The summed E-state index contributed by atoms with van der Waals surface area (Å²) < 4.78 is 0. The van der Waals surface area contributed by atoms with Crippen molar-refractivity contribution in [2.75, 3.05) is 10.2 Å². The molecule has 0 bridgehead atoms. The van der Waals surface area contributed by atoms with Crippen LogP contribution in [0, 0.1) is 0 Å². The number of hydrogen-bond donors (Lipinski definition) is 1. The SMILES string of the molecule is CCc1ccccc1N1C(=O)C[C@@H](Nc2cccc(Cl)c2)C1=O. The zero-order valence-electron chi connectivity index (χ0n) is 12.8. The number of benzene rings is 2. The number of nitrogens with one attached hydrogen (secondary N) is 1. The smallest absolute Gasteiger partial charge is 0.256 e. The maximum absolute atomic E-state index is 12.7. The molecule has 118 valence electrons. The van der Waals surface area contributed by atoms with Gasteiger partial charge in [-0.2, -0.15) is 0 Å². The van der Waals surface area contributed by atoms with Crippen LogP contribution in [-0.2, 0) is 16.0 Å². The lowest BCUT2D eigenvalue weighted by Gasteiger charge is -2.19.